The first-order valence-corrected chi connectivity index (χ1v) is 10.0. The first kappa shape index (κ1) is 20.5. The zero-order valence-corrected chi connectivity index (χ0v) is 15.9. The van der Waals surface area contributed by atoms with E-state index < -0.39 is 12.1 Å². The molecule has 0 amide bonds. The molecule has 0 atom stereocenters. The van der Waals surface area contributed by atoms with E-state index in [4.69, 9.17) is 9.47 Å². The standard InChI is InChI=1S/C21H29F3O3/c1-2-3-4-5-16-14-25-20(26-15-16)12-10-18(11-13-20)17-6-8-19(9-7-17)27-21(22,23)24/h6-9,16,18H,2-5,10-15H2,1H3. The van der Waals surface area contributed by atoms with Crippen LogP contribution in [-0.4, -0.2) is 25.4 Å². The van der Waals surface area contributed by atoms with Crippen LogP contribution in [0.1, 0.15) is 69.8 Å². The van der Waals surface area contributed by atoms with Crippen molar-refractivity contribution in [1.29, 1.82) is 0 Å². The van der Waals surface area contributed by atoms with Crippen LogP contribution in [0.2, 0.25) is 0 Å². The van der Waals surface area contributed by atoms with Crippen LogP contribution in [0.25, 0.3) is 0 Å². The molecule has 27 heavy (non-hydrogen) atoms. The van der Waals surface area contributed by atoms with Gasteiger partial charge < -0.3 is 14.2 Å². The summed E-state index contributed by atoms with van der Waals surface area (Å²) < 4.78 is 53.0. The zero-order chi connectivity index (χ0) is 19.3. The molecule has 1 saturated heterocycles. The molecule has 1 aromatic carbocycles. The minimum Gasteiger partial charge on any atom is -0.406 e. The van der Waals surface area contributed by atoms with Crippen molar-refractivity contribution in [2.45, 2.75) is 76.4 Å². The average molecular weight is 386 g/mol. The van der Waals surface area contributed by atoms with Gasteiger partial charge in [0.2, 0.25) is 0 Å². The number of ether oxygens (including phenoxy) is 3. The molecule has 0 N–H and O–H groups in total. The molecule has 3 nitrogen and oxygen atoms in total. The van der Waals surface area contributed by atoms with Crippen molar-refractivity contribution in [2.75, 3.05) is 13.2 Å². The van der Waals surface area contributed by atoms with Gasteiger partial charge in [-0.2, -0.15) is 0 Å². The summed E-state index contributed by atoms with van der Waals surface area (Å²) in [5, 5.41) is 0. The summed E-state index contributed by atoms with van der Waals surface area (Å²) in [5.41, 5.74) is 1.05. The van der Waals surface area contributed by atoms with Gasteiger partial charge in [-0.25, -0.2) is 0 Å². The SMILES string of the molecule is CCCCCC1COC2(CCC(c3ccc(OC(F)(F)F)cc3)CC2)OC1. The largest absolute Gasteiger partial charge is 0.573 e. The molecule has 1 aliphatic heterocycles. The maximum atomic E-state index is 12.3. The van der Waals surface area contributed by atoms with Gasteiger partial charge in [-0.1, -0.05) is 38.3 Å². The summed E-state index contributed by atoms with van der Waals surface area (Å²) in [5.74, 6) is 0.203. The number of rotatable bonds is 6. The smallest absolute Gasteiger partial charge is 0.406 e. The Hall–Kier alpha value is -1.27. The first-order chi connectivity index (χ1) is 12.9. The Morgan fingerprint density at radius 1 is 1.04 bits per heavy atom. The van der Waals surface area contributed by atoms with Gasteiger partial charge in [-0.15, -0.1) is 13.2 Å². The Morgan fingerprint density at radius 3 is 2.22 bits per heavy atom. The van der Waals surface area contributed by atoms with Crippen molar-refractivity contribution in [3.05, 3.63) is 29.8 Å². The zero-order valence-electron chi connectivity index (χ0n) is 15.9. The third-order valence-electron chi connectivity index (χ3n) is 5.71. The van der Waals surface area contributed by atoms with Gasteiger partial charge in [0.05, 0.1) is 13.2 Å². The number of benzene rings is 1. The molecular formula is C21H29F3O3. The predicted molar refractivity (Wildman–Crippen MR) is 96.6 cm³/mol. The molecule has 0 bridgehead atoms. The Labute approximate surface area is 159 Å². The summed E-state index contributed by atoms with van der Waals surface area (Å²) in [6.45, 7) is 3.76. The summed E-state index contributed by atoms with van der Waals surface area (Å²) in [4.78, 5) is 0. The van der Waals surface area contributed by atoms with Crippen LogP contribution >= 0.6 is 0 Å². The Kier molecular flexibility index (Phi) is 6.69. The fraction of sp³-hybridized carbons (Fsp3) is 0.714. The number of alkyl halides is 3. The second-order valence-electron chi connectivity index (χ2n) is 7.79. The van der Waals surface area contributed by atoms with Gasteiger partial charge in [-0.3, -0.25) is 0 Å². The van der Waals surface area contributed by atoms with E-state index in [1.807, 2.05) is 0 Å². The van der Waals surface area contributed by atoms with E-state index in [9.17, 15) is 13.2 Å². The van der Waals surface area contributed by atoms with E-state index in [2.05, 4.69) is 11.7 Å². The Bertz CT molecular complexity index is 567. The van der Waals surface area contributed by atoms with Crippen molar-refractivity contribution >= 4 is 0 Å². The number of hydrogen-bond acceptors (Lipinski definition) is 3. The van der Waals surface area contributed by atoms with E-state index in [1.54, 1.807) is 12.1 Å². The van der Waals surface area contributed by atoms with E-state index in [-0.39, 0.29) is 5.75 Å². The van der Waals surface area contributed by atoms with Crippen molar-refractivity contribution in [1.82, 2.24) is 0 Å². The van der Waals surface area contributed by atoms with Gasteiger partial charge >= 0.3 is 6.36 Å². The van der Waals surface area contributed by atoms with Crippen LogP contribution in [0, 0.1) is 5.92 Å². The monoisotopic (exact) mass is 386 g/mol. The lowest BCUT2D eigenvalue weighted by Gasteiger charge is -2.44. The molecule has 1 aliphatic carbocycles. The lowest BCUT2D eigenvalue weighted by Crippen LogP contribution is -2.46. The van der Waals surface area contributed by atoms with Crippen LogP contribution in [0.15, 0.2) is 24.3 Å². The summed E-state index contributed by atoms with van der Waals surface area (Å²) >= 11 is 0. The van der Waals surface area contributed by atoms with Crippen LogP contribution < -0.4 is 4.74 Å². The second-order valence-corrected chi connectivity index (χ2v) is 7.79. The molecule has 2 aliphatic rings. The van der Waals surface area contributed by atoms with Crippen molar-refractivity contribution in [3.8, 4) is 5.75 Å². The minimum absolute atomic E-state index is 0.174. The fourth-order valence-corrected chi connectivity index (χ4v) is 4.10. The lowest BCUT2D eigenvalue weighted by molar-refractivity contribution is -0.296. The van der Waals surface area contributed by atoms with Crippen molar-refractivity contribution < 1.29 is 27.4 Å². The molecule has 1 saturated carbocycles. The van der Waals surface area contributed by atoms with Gasteiger partial charge in [0.25, 0.3) is 0 Å². The van der Waals surface area contributed by atoms with Gasteiger partial charge in [0.1, 0.15) is 5.75 Å². The molecule has 1 spiro atoms. The number of hydrogen-bond donors (Lipinski definition) is 0. The summed E-state index contributed by atoms with van der Waals surface area (Å²) in [6.07, 6.45) is 3.73. The van der Waals surface area contributed by atoms with Gasteiger partial charge in [0.15, 0.2) is 5.79 Å². The highest BCUT2D eigenvalue weighted by molar-refractivity contribution is 5.30. The topological polar surface area (TPSA) is 27.7 Å². The van der Waals surface area contributed by atoms with Crippen LogP contribution in [0.3, 0.4) is 0 Å². The quantitative estimate of drug-likeness (QED) is 0.546. The van der Waals surface area contributed by atoms with Crippen LogP contribution in [0.4, 0.5) is 13.2 Å². The minimum atomic E-state index is -4.65. The number of unbranched alkanes of at least 4 members (excludes halogenated alkanes) is 2. The molecule has 152 valence electrons. The summed E-state index contributed by atoms with van der Waals surface area (Å²) in [7, 11) is 0. The number of halogens is 3. The van der Waals surface area contributed by atoms with Crippen molar-refractivity contribution in [2.24, 2.45) is 5.92 Å². The summed E-state index contributed by atoms with van der Waals surface area (Å²) in [6, 6.07) is 6.25. The lowest BCUT2D eigenvalue weighted by atomic mass is 9.80. The Balaban J connectivity index is 1.46. The third kappa shape index (κ3) is 5.85. The first-order valence-electron chi connectivity index (χ1n) is 10.0. The molecule has 0 aromatic heterocycles. The van der Waals surface area contributed by atoms with Gasteiger partial charge in [0, 0.05) is 18.8 Å². The molecular weight excluding hydrogens is 357 g/mol. The highest BCUT2D eigenvalue weighted by atomic mass is 19.4. The predicted octanol–water partition coefficient (Wildman–Crippen LogP) is 6.18. The fourth-order valence-electron chi connectivity index (χ4n) is 4.10. The molecule has 0 unspecified atom stereocenters. The molecule has 3 rings (SSSR count). The second kappa shape index (κ2) is 8.82. The Morgan fingerprint density at radius 2 is 1.67 bits per heavy atom. The highest BCUT2D eigenvalue weighted by Crippen LogP contribution is 2.43. The normalized spacial score (nSPS) is 29.0. The van der Waals surface area contributed by atoms with E-state index in [0.717, 1.165) is 44.5 Å². The van der Waals surface area contributed by atoms with E-state index in [1.165, 1.54) is 37.8 Å². The maximum Gasteiger partial charge on any atom is 0.573 e. The molecule has 6 heteroatoms. The molecule has 2 fully saturated rings. The molecule has 0 radical (unpaired) electrons. The maximum absolute atomic E-state index is 12.3. The molecule has 1 aromatic rings. The van der Waals surface area contributed by atoms with Crippen molar-refractivity contribution in [3.63, 3.8) is 0 Å². The third-order valence-corrected chi connectivity index (χ3v) is 5.71. The van der Waals surface area contributed by atoms with Crippen LogP contribution in [0.5, 0.6) is 5.75 Å². The van der Waals surface area contributed by atoms with Gasteiger partial charge in [-0.05, 0) is 42.9 Å². The highest BCUT2D eigenvalue weighted by Gasteiger charge is 2.41. The van der Waals surface area contributed by atoms with E-state index in [0.29, 0.717) is 11.8 Å². The van der Waals surface area contributed by atoms with Crippen LogP contribution in [-0.2, 0) is 9.47 Å². The molecule has 1 heterocycles. The van der Waals surface area contributed by atoms with E-state index >= 15 is 0 Å². The average Bonchev–Trinajstić information content (AvgIpc) is 2.64.